The molecule has 0 aliphatic carbocycles. The van der Waals surface area contributed by atoms with Gasteiger partial charge in [0.05, 0.1) is 18.0 Å². The number of thioether (sulfide) groups is 1. The smallest absolute Gasteiger partial charge is 0.317 e. The molecule has 1 unspecified atom stereocenters. The third-order valence-electron chi connectivity index (χ3n) is 4.62. The molecule has 7 nitrogen and oxygen atoms in total. The number of benzene rings is 1. The van der Waals surface area contributed by atoms with Crippen molar-refractivity contribution in [2.24, 2.45) is 5.73 Å². The Hall–Kier alpha value is -2.45. The summed E-state index contributed by atoms with van der Waals surface area (Å²) in [7, 11) is 1.65. The Morgan fingerprint density at radius 1 is 1.37 bits per heavy atom. The number of fused-ring (bicyclic) bond motifs is 1. The summed E-state index contributed by atoms with van der Waals surface area (Å²) in [6, 6.07) is 9.01. The number of pyridine rings is 1. The van der Waals surface area contributed by atoms with Crippen LogP contribution < -0.4 is 16.2 Å². The van der Waals surface area contributed by atoms with Gasteiger partial charge in [0.2, 0.25) is 5.56 Å². The summed E-state index contributed by atoms with van der Waals surface area (Å²) in [5.41, 5.74) is 8.61. The fourth-order valence-corrected chi connectivity index (χ4v) is 4.73. The maximum atomic E-state index is 12.3. The van der Waals surface area contributed by atoms with Crippen LogP contribution in [0.15, 0.2) is 40.0 Å². The van der Waals surface area contributed by atoms with Crippen LogP contribution in [0.2, 0.25) is 0 Å². The molecule has 0 saturated heterocycles. The fourth-order valence-electron chi connectivity index (χ4n) is 3.35. The number of H-pyrrole nitrogens is 1. The van der Waals surface area contributed by atoms with Crippen molar-refractivity contribution in [3.8, 4) is 0 Å². The van der Waals surface area contributed by atoms with Crippen molar-refractivity contribution in [1.29, 1.82) is 0 Å². The van der Waals surface area contributed by atoms with Crippen LogP contribution in [0.4, 0.5) is 16.2 Å². The maximum Gasteiger partial charge on any atom is 0.317 e. The minimum absolute atomic E-state index is 0.182. The third kappa shape index (κ3) is 3.68. The number of primary amides is 1. The summed E-state index contributed by atoms with van der Waals surface area (Å²) < 4.78 is 5.25. The number of amides is 2. The maximum absolute atomic E-state index is 12.3. The molecule has 0 bridgehead atoms. The van der Waals surface area contributed by atoms with E-state index in [0.717, 1.165) is 27.5 Å². The molecule has 0 radical (unpaired) electrons. The molecule has 27 heavy (non-hydrogen) atoms. The number of rotatable bonds is 6. The number of carbonyl (C=O) groups is 1. The molecule has 8 heteroatoms. The van der Waals surface area contributed by atoms with Gasteiger partial charge < -0.3 is 20.4 Å². The molecule has 2 amide bonds. The van der Waals surface area contributed by atoms with Crippen LogP contribution >= 0.6 is 11.8 Å². The van der Waals surface area contributed by atoms with Gasteiger partial charge in [-0.3, -0.25) is 9.69 Å². The average molecular weight is 388 g/mol. The molecule has 2 heterocycles. The molecule has 1 aliphatic heterocycles. The molecule has 2 aromatic rings. The third-order valence-corrected chi connectivity index (χ3v) is 5.90. The number of aromatic nitrogens is 1. The molecule has 144 valence electrons. The van der Waals surface area contributed by atoms with E-state index in [1.807, 2.05) is 43.0 Å². The number of nitrogens with two attached hydrogens (primary N) is 1. The van der Waals surface area contributed by atoms with E-state index in [1.54, 1.807) is 29.8 Å². The van der Waals surface area contributed by atoms with Crippen LogP contribution in [0.1, 0.15) is 18.2 Å². The van der Waals surface area contributed by atoms with Crippen molar-refractivity contribution in [1.82, 2.24) is 9.88 Å². The van der Waals surface area contributed by atoms with E-state index in [4.69, 9.17) is 10.5 Å². The van der Waals surface area contributed by atoms with Crippen molar-refractivity contribution in [2.45, 2.75) is 30.7 Å². The average Bonchev–Trinajstić information content (AvgIpc) is 2.99. The van der Waals surface area contributed by atoms with Crippen LogP contribution in [0.5, 0.6) is 0 Å². The van der Waals surface area contributed by atoms with Gasteiger partial charge >= 0.3 is 6.03 Å². The zero-order valence-electron chi connectivity index (χ0n) is 15.7. The Morgan fingerprint density at radius 2 is 2.11 bits per heavy atom. The predicted octanol–water partition coefficient (Wildman–Crippen LogP) is 2.80. The van der Waals surface area contributed by atoms with Gasteiger partial charge in [0.15, 0.2) is 5.50 Å². The number of urea groups is 1. The number of ether oxygens (including phenoxy) is 1. The van der Waals surface area contributed by atoms with Crippen molar-refractivity contribution in [3.63, 3.8) is 0 Å². The number of nitrogens with zero attached hydrogens (tertiary/aromatic N) is 2. The summed E-state index contributed by atoms with van der Waals surface area (Å²) in [5.74, 6) is 0. The zero-order chi connectivity index (χ0) is 19.6. The number of methoxy groups -OCH3 is 1. The Kier molecular flexibility index (Phi) is 5.76. The summed E-state index contributed by atoms with van der Waals surface area (Å²) in [6.45, 7) is 4.76. The van der Waals surface area contributed by atoms with Gasteiger partial charge in [-0.05, 0) is 38.0 Å². The van der Waals surface area contributed by atoms with Crippen LogP contribution in [0.25, 0.3) is 0 Å². The van der Waals surface area contributed by atoms with E-state index in [2.05, 4.69) is 4.98 Å². The molecular formula is C19H24N4O3S. The molecule has 0 spiro atoms. The minimum Gasteiger partial charge on any atom is -0.384 e. The lowest BCUT2D eigenvalue weighted by molar-refractivity contribution is 0.201. The van der Waals surface area contributed by atoms with Crippen molar-refractivity contribution in [2.75, 3.05) is 25.2 Å². The SMILES string of the molecule is CCN(C(N)=O)C1Sc2ccccc2N1c1cc(=O)[nH]c(C)c1CCOC. The zero-order valence-corrected chi connectivity index (χ0v) is 16.5. The fraction of sp³-hybridized carbons (Fsp3) is 0.368. The predicted molar refractivity (Wildman–Crippen MR) is 108 cm³/mol. The standard InChI is InChI=1S/C19H24N4O3S/c1-4-22(18(20)25)19-23(14-7-5-6-8-16(14)27-19)15-11-17(24)21-12(2)13(15)9-10-26-3/h5-8,11,19H,4,9-10H2,1-3H3,(H2,20,25)(H,21,24). The van der Waals surface area contributed by atoms with Crippen molar-refractivity contribution in [3.05, 3.63) is 51.9 Å². The highest BCUT2D eigenvalue weighted by Gasteiger charge is 2.37. The number of nitrogens with one attached hydrogen (secondary N) is 1. The molecule has 0 fully saturated rings. The number of hydrogen-bond donors (Lipinski definition) is 2. The number of aromatic amines is 1. The Balaban J connectivity index is 2.19. The highest BCUT2D eigenvalue weighted by atomic mass is 32.2. The number of anilines is 2. The normalized spacial score (nSPS) is 15.7. The molecule has 3 rings (SSSR count). The number of para-hydroxylation sites is 1. The monoisotopic (exact) mass is 388 g/mol. The minimum atomic E-state index is -0.493. The summed E-state index contributed by atoms with van der Waals surface area (Å²) >= 11 is 1.55. The number of aryl methyl sites for hydroxylation is 1. The first-order valence-electron chi connectivity index (χ1n) is 8.80. The molecule has 1 atom stereocenters. The molecule has 0 saturated carbocycles. The Bertz CT molecular complexity index is 899. The second-order valence-corrected chi connectivity index (χ2v) is 7.37. The lowest BCUT2D eigenvalue weighted by Crippen LogP contribution is -2.48. The summed E-state index contributed by atoms with van der Waals surface area (Å²) in [4.78, 5) is 31.9. The number of carbonyl (C=O) groups excluding carboxylic acids is 1. The van der Waals surface area contributed by atoms with Crippen LogP contribution in [0, 0.1) is 6.92 Å². The van der Waals surface area contributed by atoms with Crippen molar-refractivity contribution < 1.29 is 9.53 Å². The molecule has 1 aliphatic rings. The van der Waals surface area contributed by atoms with Gasteiger partial charge in [-0.2, -0.15) is 0 Å². The van der Waals surface area contributed by atoms with Gasteiger partial charge in [-0.15, -0.1) is 0 Å². The second kappa shape index (κ2) is 8.06. The molecule has 3 N–H and O–H groups in total. The van der Waals surface area contributed by atoms with E-state index in [1.165, 1.54) is 0 Å². The van der Waals surface area contributed by atoms with Crippen molar-refractivity contribution >= 4 is 29.2 Å². The van der Waals surface area contributed by atoms with E-state index in [0.29, 0.717) is 19.6 Å². The quantitative estimate of drug-likeness (QED) is 0.794. The first-order valence-corrected chi connectivity index (χ1v) is 9.68. The van der Waals surface area contributed by atoms with Crippen LogP contribution in [0.3, 0.4) is 0 Å². The molecule has 1 aromatic carbocycles. The van der Waals surface area contributed by atoms with E-state index >= 15 is 0 Å². The van der Waals surface area contributed by atoms with Gasteiger partial charge in [-0.1, -0.05) is 23.9 Å². The topological polar surface area (TPSA) is 91.7 Å². The van der Waals surface area contributed by atoms with Gasteiger partial charge in [-0.25, -0.2) is 4.79 Å². The van der Waals surface area contributed by atoms with E-state index < -0.39 is 6.03 Å². The highest BCUT2D eigenvalue weighted by molar-refractivity contribution is 8.00. The number of hydrogen-bond acceptors (Lipinski definition) is 5. The van der Waals surface area contributed by atoms with Crippen LogP contribution in [-0.4, -0.2) is 41.7 Å². The first kappa shape index (κ1) is 19.3. The van der Waals surface area contributed by atoms with Gasteiger partial charge in [0.25, 0.3) is 0 Å². The highest BCUT2D eigenvalue weighted by Crippen LogP contribution is 2.49. The molecular weight excluding hydrogens is 364 g/mol. The largest absolute Gasteiger partial charge is 0.384 e. The Morgan fingerprint density at radius 3 is 2.78 bits per heavy atom. The Labute approximate surface area is 162 Å². The van der Waals surface area contributed by atoms with Crippen LogP contribution in [-0.2, 0) is 11.2 Å². The summed E-state index contributed by atoms with van der Waals surface area (Å²) in [6.07, 6.45) is 0.646. The molecule has 1 aromatic heterocycles. The van der Waals surface area contributed by atoms with E-state index in [-0.39, 0.29) is 11.1 Å². The van der Waals surface area contributed by atoms with E-state index in [9.17, 15) is 9.59 Å². The summed E-state index contributed by atoms with van der Waals surface area (Å²) in [5, 5.41) is 0. The lowest BCUT2D eigenvalue weighted by Gasteiger charge is -2.35. The van der Waals surface area contributed by atoms with Gasteiger partial charge in [0, 0.05) is 30.3 Å². The lowest BCUT2D eigenvalue weighted by atomic mass is 10.1. The second-order valence-electron chi connectivity index (χ2n) is 6.27. The first-order chi connectivity index (χ1) is 13.0. The van der Waals surface area contributed by atoms with Gasteiger partial charge in [0.1, 0.15) is 0 Å².